The SMILES string of the molecule is CCCOc1ncccc1OC[C@@H]1CNCC[C@H]1c1ccccc1. The summed E-state index contributed by atoms with van der Waals surface area (Å²) in [4.78, 5) is 4.29. The monoisotopic (exact) mass is 326 g/mol. The van der Waals surface area contributed by atoms with Gasteiger partial charge < -0.3 is 14.8 Å². The lowest BCUT2D eigenvalue weighted by Crippen LogP contribution is -2.38. The van der Waals surface area contributed by atoms with E-state index < -0.39 is 0 Å². The lowest BCUT2D eigenvalue weighted by Gasteiger charge is -2.32. The van der Waals surface area contributed by atoms with Crippen LogP contribution >= 0.6 is 0 Å². The summed E-state index contributed by atoms with van der Waals surface area (Å²) in [6.07, 6.45) is 3.84. The van der Waals surface area contributed by atoms with Crippen LogP contribution in [0.5, 0.6) is 11.6 Å². The molecular weight excluding hydrogens is 300 g/mol. The van der Waals surface area contributed by atoms with Crippen molar-refractivity contribution < 1.29 is 9.47 Å². The molecule has 1 saturated heterocycles. The second-order valence-corrected chi connectivity index (χ2v) is 6.24. The Kier molecular flexibility index (Phi) is 6.07. The highest BCUT2D eigenvalue weighted by Crippen LogP contribution is 2.32. The Morgan fingerprint density at radius 1 is 1.12 bits per heavy atom. The van der Waals surface area contributed by atoms with Crippen LogP contribution in [0.2, 0.25) is 0 Å². The number of pyridine rings is 1. The molecule has 1 aromatic heterocycles. The van der Waals surface area contributed by atoms with Crippen molar-refractivity contribution in [1.29, 1.82) is 0 Å². The van der Waals surface area contributed by atoms with Gasteiger partial charge in [0.15, 0.2) is 5.75 Å². The number of hydrogen-bond acceptors (Lipinski definition) is 4. The van der Waals surface area contributed by atoms with Crippen LogP contribution in [0, 0.1) is 5.92 Å². The molecule has 3 rings (SSSR count). The first-order chi connectivity index (χ1) is 11.9. The minimum Gasteiger partial charge on any atom is -0.488 e. The second-order valence-electron chi connectivity index (χ2n) is 6.24. The summed E-state index contributed by atoms with van der Waals surface area (Å²) in [7, 11) is 0. The van der Waals surface area contributed by atoms with Crippen molar-refractivity contribution in [3.8, 4) is 11.6 Å². The Morgan fingerprint density at radius 2 is 2.00 bits per heavy atom. The zero-order valence-corrected chi connectivity index (χ0v) is 14.3. The van der Waals surface area contributed by atoms with Crippen LogP contribution in [0.25, 0.3) is 0 Å². The van der Waals surface area contributed by atoms with Gasteiger partial charge in [-0.25, -0.2) is 4.98 Å². The molecule has 0 radical (unpaired) electrons. The molecule has 1 aliphatic rings. The van der Waals surface area contributed by atoms with Crippen LogP contribution in [-0.2, 0) is 0 Å². The van der Waals surface area contributed by atoms with Crippen molar-refractivity contribution in [1.82, 2.24) is 10.3 Å². The van der Waals surface area contributed by atoms with Crippen LogP contribution in [0.1, 0.15) is 31.2 Å². The van der Waals surface area contributed by atoms with Crippen molar-refractivity contribution >= 4 is 0 Å². The number of nitrogens with zero attached hydrogens (tertiary/aromatic N) is 1. The number of rotatable bonds is 7. The summed E-state index contributed by atoms with van der Waals surface area (Å²) in [5.74, 6) is 2.31. The standard InChI is InChI=1S/C20H26N2O2/c1-2-13-23-20-19(9-6-11-22-20)24-15-17-14-21-12-10-18(17)16-7-4-3-5-8-16/h3-9,11,17-18,21H,2,10,12-15H2,1H3/t17-,18-/m0/s1. The molecule has 0 spiro atoms. The molecule has 0 bridgehead atoms. The quantitative estimate of drug-likeness (QED) is 0.843. The van der Waals surface area contributed by atoms with Gasteiger partial charge in [0.2, 0.25) is 0 Å². The minimum absolute atomic E-state index is 0.445. The lowest BCUT2D eigenvalue weighted by molar-refractivity contribution is 0.186. The highest BCUT2D eigenvalue weighted by atomic mass is 16.5. The fourth-order valence-corrected chi connectivity index (χ4v) is 3.23. The summed E-state index contributed by atoms with van der Waals surface area (Å²) >= 11 is 0. The van der Waals surface area contributed by atoms with Crippen LogP contribution in [0.15, 0.2) is 48.7 Å². The van der Waals surface area contributed by atoms with E-state index in [4.69, 9.17) is 9.47 Å². The first-order valence-electron chi connectivity index (χ1n) is 8.84. The molecule has 2 aromatic rings. The molecule has 0 saturated carbocycles. The number of benzene rings is 1. The van der Waals surface area contributed by atoms with Gasteiger partial charge in [0, 0.05) is 18.7 Å². The van der Waals surface area contributed by atoms with Crippen LogP contribution in [0.3, 0.4) is 0 Å². The summed E-state index contributed by atoms with van der Waals surface area (Å²) in [5.41, 5.74) is 1.40. The molecule has 0 aliphatic carbocycles. The molecule has 0 amide bonds. The average Bonchev–Trinajstić information content (AvgIpc) is 2.66. The Morgan fingerprint density at radius 3 is 2.83 bits per heavy atom. The molecule has 1 fully saturated rings. The third-order valence-corrected chi connectivity index (χ3v) is 4.47. The smallest absolute Gasteiger partial charge is 0.256 e. The van der Waals surface area contributed by atoms with Gasteiger partial charge in [-0.05, 0) is 43.0 Å². The van der Waals surface area contributed by atoms with Crippen molar-refractivity contribution in [2.24, 2.45) is 5.92 Å². The first kappa shape index (κ1) is 16.8. The predicted molar refractivity (Wildman–Crippen MR) is 95.7 cm³/mol. The number of nitrogens with one attached hydrogen (secondary N) is 1. The molecule has 4 heteroatoms. The van der Waals surface area contributed by atoms with E-state index in [0.29, 0.717) is 30.9 Å². The van der Waals surface area contributed by atoms with Crippen LogP contribution in [0.4, 0.5) is 0 Å². The molecule has 1 aliphatic heterocycles. The van der Waals surface area contributed by atoms with E-state index in [9.17, 15) is 0 Å². The molecule has 0 unspecified atom stereocenters. The maximum atomic E-state index is 6.10. The molecule has 1 aromatic carbocycles. The summed E-state index contributed by atoms with van der Waals surface area (Å²) < 4.78 is 11.8. The third-order valence-electron chi connectivity index (χ3n) is 4.47. The molecule has 2 atom stereocenters. The molecular formula is C20H26N2O2. The number of ether oxygens (including phenoxy) is 2. The summed E-state index contributed by atoms with van der Waals surface area (Å²) in [6.45, 7) is 5.45. The van der Waals surface area contributed by atoms with E-state index in [-0.39, 0.29) is 0 Å². The lowest BCUT2D eigenvalue weighted by atomic mass is 9.81. The molecule has 2 heterocycles. The Bertz CT molecular complexity index is 618. The summed E-state index contributed by atoms with van der Waals surface area (Å²) in [5, 5.41) is 3.49. The van der Waals surface area contributed by atoms with Crippen LogP contribution < -0.4 is 14.8 Å². The van der Waals surface area contributed by atoms with Crippen molar-refractivity contribution in [2.75, 3.05) is 26.3 Å². The highest BCUT2D eigenvalue weighted by Gasteiger charge is 2.27. The van der Waals surface area contributed by atoms with Gasteiger partial charge in [-0.1, -0.05) is 37.3 Å². The third kappa shape index (κ3) is 4.26. The Labute approximate surface area is 144 Å². The minimum atomic E-state index is 0.445. The van der Waals surface area contributed by atoms with E-state index in [0.717, 1.165) is 31.7 Å². The topological polar surface area (TPSA) is 43.4 Å². The van der Waals surface area contributed by atoms with Gasteiger partial charge >= 0.3 is 0 Å². The predicted octanol–water partition coefficient (Wildman–Crippen LogP) is 3.64. The van der Waals surface area contributed by atoms with E-state index in [1.165, 1.54) is 5.56 Å². The molecule has 128 valence electrons. The zero-order valence-electron chi connectivity index (χ0n) is 14.3. The molecule has 24 heavy (non-hydrogen) atoms. The van der Waals surface area contributed by atoms with E-state index in [2.05, 4.69) is 47.6 Å². The van der Waals surface area contributed by atoms with Gasteiger partial charge in [0.25, 0.3) is 5.88 Å². The van der Waals surface area contributed by atoms with Crippen molar-refractivity contribution in [3.63, 3.8) is 0 Å². The fraction of sp³-hybridized carbons (Fsp3) is 0.450. The van der Waals surface area contributed by atoms with Crippen molar-refractivity contribution in [2.45, 2.75) is 25.7 Å². The number of hydrogen-bond donors (Lipinski definition) is 1. The highest BCUT2D eigenvalue weighted by molar-refractivity contribution is 5.32. The van der Waals surface area contributed by atoms with Gasteiger partial charge in [0.05, 0.1) is 13.2 Å². The second kappa shape index (κ2) is 8.69. The van der Waals surface area contributed by atoms with Gasteiger partial charge in [-0.3, -0.25) is 0 Å². The van der Waals surface area contributed by atoms with Crippen LogP contribution in [-0.4, -0.2) is 31.3 Å². The van der Waals surface area contributed by atoms with Gasteiger partial charge in [-0.15, -0.1) is 0 Å². The first-order valence-corrected chi connectivity index (χ1v) is 8.84. The molecule has 1 N–H and O–H groups in total. The largest absolute Gasteiger partial charge is 0.488 e. The number of aromatic nitrogens is 1. The van der Waals surface area contributed by atoms with Gasteiger partial charge in [-0.2, -0.15) is 0 Å². The maximum absolute atomic E-state index is 6.10. The number of piperidine rings is 1. The molecule has 4 nitrogen and oxygen atoms in total. The maximum Gasteiger partial charge on any atom is 0.256 e. The Hall–Kier alpha value is -2.07. The van der Waals surface area contributed by atoms with Crippen molar-refractivity contribution in [3.05, 3.63) is 54.2 Å². The summed E-state index contributed by atoms with van der Waals surface area (Å²) in [6, 6.07) is 14.6. The van der Waals surface area contributed by atoms with E-state index in [1.54, 1.807) is 6.20 Å². The van der Waals surface area contributed by atoms with Gasteiger partial charge in [0.1, 0.15) is 0 Å². The fourth-order valence-electron chi connectivity index (χ4n) is 3.23. The normalized spacial score (nSPS) is 20.5. The zero-order chi connectivity index (χ0) is 16.6. The average molecular weight is 326 g/mol. The Balaban J connectivity index is 1.66. The van der Waals surface area contributed by atoms with E-state index >= 15 is 0 Å². The van der Waals surface area contributed by atoms with E-state index in [1.807, 2.05) is 12.1 Å².